The monoisotopic (exact) mass is 728 g/mol. The minimum absolute atomic E-state index is 0.696. The van der Waals surface area contributed by atoms with Gasteiger partial charge in [0.05, 0.1) is 27.9 Å². The molecule has 0 bridgehead atoms. The van der Waals surface area contributed by atoms with Crippen LogP contribution >= 0.6 is 0 Å². The third-order valence-corrected chi connectivity index (χ3v) is 11.3. The van der Waals surface area contributed by atoms with Gasteiger partial charge in [-0.3, -0.25) is 9.13 Å². The molecule has 266 valence electrons. The maximum absolute atomic E-state index is 6.47. The molecular weight excluding hydrogens is 697 g/mol. The fraction of sp³-hybridized carbons (Fsp3) is 0. The second-order valence-corrected chi connectivity index (χ2v) is 14.6. The van der Waals surface area contributed by atoms with Gasteiger partial charge in [0.1, 0.15) is 5.65 Å². The van der Waals surface area contributed by atoms with Gasteiger partial charge >= 0.3 is 0 Å². The Balaban J connectivity index is 1.04. The molecule has 0 aliphatic carbocycles. The molecule has 11 aromatic rings. The van der Waals surface area contributed by atoms with Gasteiger partial charge in [-0.2, -0.15) is 0 Å². The Hall–Kier alpha value is -7.76. The second kappa shape index (κ2) is 12.4. The molecule has 0 saturated heterocycles. The Morgan fingerprint density at radius 2 is 1.04 bits per heavy atom. The second-order valence-electron chi connectivity index (χ2n) is 14.6. The normalized spacial score (nSPS) is 12.0. The Kier molecular flexibility index (Phi) is 6.86. The van der Waals surface area contributed by atoms with Gasteiger partial charge < -0.3 is 4.74 Å². The summed E-state index contributed by atoms with van der Waals surface area (Å²) in [5.74, 6) is 2.41. The minimum Gasteiger partial charge on any atom is -0.453 e. The number of hydrogen-bond donors (Lipinski definition) is 0. The predicted molar refractivity (Wildman–Crippen MR) is 233 cm³/mol. The van der Waals surface area contributed by atoms with E-state index in [4.69, 9.17) is 14.7 Å². The smallest absolute Gasteiger partial charge is 0.160 e. The molecule has 0 fully saturated rings. The van der Waals surface area contributed by atoms with Crippen molar-refractivity contribution in [2.24, 2.45) is 0 Å². The van der Waals surface area contributed by atoms with Gasteiger partial charge in [0.25, 0.3) is 0 Å². The highest BCUT2D eigenvalue weighted by molar-refractivity contribution is 6.24. The van der Waals surface area contributed by atoms with Gasteiger partial charge in [0.15, 0.2) is 17.3 Å². The van der Waals surface area contributed by atoms with Crippen molar-refractivity contribution in [3.63, 3.8) is 0 Å². The Morgan fingerprint density at radius 3 is 1.91 bits per heavy atom. The van der Waals surface area contributed by atoms with Gasteiger partial charge in [0, 0.05) is 38.4 Å². The van der Waals surface area contributed by atoms with E-state index in [1.807, 2.05) is 24.3 Å². The van der Waals surface area contributed by atoms with E-state index in [-0.39, 0.29) is 0 Å². The third-order valence-electron chi connectivity index (χ3n) is 11.3. The summed E-state index contributed by atoms with van der Waals surface area (Å²) in [7, 11) is 0. The van der Waals surface area contributed by atoms with Crippen molar-refractivity contribution < 1.29 is 4.74 Å². The summed E-state index contributed by atoms with van der Waals surface area (Å²) in [6.45, 7) is 0. The third kappa shape index (κ3) is 4.89. The lowest BCUT2D eigenvalue weighted by Crippen LogP contribution is -2.07. The summed E-state index contributed by atoms with van der Waals surface area (Å²) in [4.78, 5) is 10.4. The quantitative estimate of drug-likeness (QED) is 0.177. The van der Waals surface area contributed by atoms with E-state index in [9.17, 15) is 0 Å². The van der Waals surface area contributed by atoms with E-state index < -0.39 is 0 Å². The van der Waals surface area contributed by atoms with Crippen LogP contribution in [0.3, 0.4) is 0 Å². The van der Waals surface area contributed by atoms with Crippen LogP contribution in [0.15, 0.2) is 194 Å². The fourth-order valence-corrected chi connectivity index (χ4v) is 8.73. The van der Waals surface area contributed by atoms with Crippen molar-refractivity contribution in [3.05, 3.63) is 194 Å². The standard InChI is InChI=1S/C52H32N4O/c1-3-14-33(15-4-1)34-16-11-18-37(30-34)49-40-22-7-8-24-43(40)53-51(54-49)38-19-12-17-35(31-38)36-28-29-41-45(32-36)55(39-20-5-2-6-21-39)52-48(41)42-23-13-27-47-50(42)56(52)44-25-9-10-26-46(44)57-47/h1-32H. The predicted octanol–water partition coefficient (Wildman–Crippen LogP) is 13.4. The summed E-state index contributed by atoms with van der Waals surface area (Å²) >= 11 is 0. The van der Waals surface area contributed by atoms with Crippen LogP contribution in [-0.4, -0.2) is 19.1 Å². The van der Waals surface area contributed by atoms with Gasteiger partial charge in [-0.25, -0.2) is 9.97 Å². The van der Waals surface area contributed by atoms with Crippen LogP contribution in [-0.2, 0) is 0 Å². The Bertz CT molecular complexity index is 3380. The van der Waals surface area contributed by atoms with Crippen LogP contribution < -0.4 is 4.74 Å². The molecule has 1 aliphatic heterocycles. The molecule has 4 heterocycles. The molecule has 0 unspecified atom stereocenters. The van der Waals surface area contributed by atoms with Crippen LogP contribution in [0.5, 0.6) is 11.5 Å². The average Bonchev–Trinajstić information content (AvgIpc) is 3.80. The van der Waals surface area contributed by atoms with Crippen LogP contribution in [0.4, 0.5) is 0 Å². The molecule has 0 amide bonds. The molecule has 0 spiro atoms. The number of nitrogens with zero attached hydrogens (tertiary/aromatic N) is 4. The largest absolute Gasteiger partial charge is 0.453 e. The average molecular weight is 729 g/mol. The molecule has 0 N–H and O–H groups in total. The number of ether oxygens (including phenoxy) is 1. The van der Waals surface area contributed by atoms with Crippen LogP contribution in [0, 0.1) is 0 Å². The van der Waals surface area contributed by atoms with E-state index in [0.29, 0.717) is 5.82 Å². The Morgan fingerprint density at radius 1 is 0.404 bits per heavy atom. The lowest BCUT2D eigenvalue weighted by molar-refractivity contribution is 0.476. The SMILES string of the molecule is c1ccc(-c2cccc(-c3nc(-c4cccc(-c5ccc6c7c8cccc9c8n(c7n(-c7ccccc7)c6c5)-c5ccccc5O9)c4)nc4ccccc34)c2)cc1. The van der Waals surface area contributed by atoms with Crippen molar-refractivity contribution in [3.8, 4) is 67.8 Å². The maximum atomic E-state index is 6.47. The molecule has 1 aliphatic rings. The number of aromatic nitrogens is 4. The van der Waals surface area contributed by atoms with Crippen molar-refractivity contribution in [2.75, 3.05) is 0 Å². The molecular formula is C52H32N4O. The van der Waals surface area contributed by atoms with Crippen LogP contribution in [0.25, 0.3) is 100 Å². The zero-order valence-electron chi connectivity index (χ0n) is 30.7. The number of benzene rings is 8. The van der Waals surface area contributed by atoms with Crippen molar-refractivity contribution in [1.29, 1.82) is 0 Å². The van der Waals surface area contributed by atoms with Gasteiger partial charge in [-0.1, -0.05) is 140 Å². The summed E-state index contributed by atoms with van der Waals surface area (Å²) in [5, 5.41) is 4.60. The molecule has 0 saturated carbocycles. The molecule has 3 aromatic heterocycles. The van der Waals surface area contributed by atoms with Gasteiger partial charge in [-0.05, 0) is 76.9 Å². The number of para-hydroxylation sites is 5. The number of hydrogen-bond acceptors (Lipinski definition) is 3. The van der Waals surface area contributed by atoms with E-state index in [0.717, 1.165) is 84.0 Å². The Labute approximate surface area is 328 Å². The zero-order chi connectivity index (χ0) is 37.5. The highest BCUT2D eigenvalue weighted by Gasteiger charge is 2.28. The molecule has 5 nitrogen and oxygen atoms in total. The van der Waals surface area contributed by atoms with E-state index >= 15 is 0 Å². The van der Waals surface area contributed by atoms with Gasteiger partial charge in [-0.15, -0.1) is 0 Å². The van der Waals surface area contributed by atoms with Crippen LogP contribution in [0.2, 0.25) is 0 Å². The van der Waals surface area contributed by atoms with Crippen molar-refractivity contribution in [1.82, 2.24) is 19.1 Å². The first-order valence-electron chi connectivity index (χ1n) is 19.2. The molecule has 0 atom stereocenters. The molecule has 0 radical (unpaired) electrons. The maximum Gasteiger partial charge on any atom is 0.160 e. The van der Waals surface area contributed by atoms with Crippen molar-refractivity contribution in [2.45, 2.75) is 0 Å². The van der Waals surface area contributed by atoms with E-state index in [1.54, 1.807) is 0 Å². The summed E-state index contributed by atoms with van der Waals surface area (Å²) < 4.78 is 11.3. The number of rotatable bonds is 5. The lowest BCUT2D eigenvalue weighted by Gasteiger charge is -2.21. The summed E-state index contributed by atoms with van der Waals surface area (Å²) in [6, 6.07) is 68.3. The lowest BCUT2D eigenvalue weighted by atomic mass is 9.99. The first kappa shape index (κ1) is 31.6. The summed E-state index contributed by atoms with van der Waals surface area (Å²) in [6.07, 6.45) is 0. The van der Waals surface area contributed by atoms with Gasteiger partial charge in [0.2, 0.25) is 0 Å². The summed E-state index contributed by atoms with van der Waals surface area (Å²) in [5.41, 5.74) is 13.9. The van der Waals surface area contributed by atoms with Crippen molar-refractivity contribution >= 4 is 43.7 Å². The number of fused-ring (bicyclic) bond motifs is 8. The molecule has 57 heavy (non-hydrogen) atoms. The zero-order valence-corrected chi connectivity index (χ0v) is 30.7. The molecule has 12 rings (SSSR count). The van der Waals surface area contributed by atoms with Crippen LogP contribution in [0.1, 0.15) is 0 Å². The first-order valence-corrected chi connectivity index (χ1v) is 19.2. The first-order chi connectivity index (χ1) is 28.3. The fourth-order valence-electron chi connectivity index (χ4n) is 8.73. The minimum atomic E-state index is 0.696. The van der Waals surface area contributed by atoms with E-state index in [1.165, 1.54) is 21.7 Å². The topological polar surface area (TPSA) is 44.9 Å². The molecule has 8 aromatic carbocycles. The van der Waals surface area contributed by atoms with E-state index in [2.05, 4.69) is 179 Å². The molecule has 5 heteroatoms. The highest BCUT2D eigenvalue weighted by atomic mass is 16.5. The highest BCUT2D eigenvalue weighted by Crippen LogP contribution is 2.49.